The average Bonchev–Trinajstić information content (AvgIpc) is 2.54. The van der Waals surface area contributed by atoms with Gasteiger partial charge in [-0.15, -0.1) is 0 Å². The molecule has 5 nitrogen and oxygen atoms in total. The van der Waals surface area contributed by atoms with Crippen LogP contribution in [0.15, 0.2) is 65.7 Å². The third kappa shape index (κ3) is 2.88. The molecule has 0 radical (unpaired) electrons. The first kappa shape index (κ1) is 14.4. The van der Waals surface area contributed by atoms with Crippen LogP contribution in [0.25, 0.3) is 10.9 Å². The zero-order valence-corrected chi connectivity index (χ0v) is 12.2. The average molecular weight is 312 g/mol. The molecule has 1 heterocycles. The van der Waals surface area contributed by atoms with Gasteiger partial charge in [0.2, 0.25) is 4.90 Å². The molecule has 22 heavy (non-hydrogen) atoms. The van der Waals surface area contributed by atoms with Crippen LogP contribution in [0, 0.1) is 0 Å². The maximum Gasteiger partial charge on any atom is 0.335 e. The van der Waals surface area contributed by atoms with Crippen LogP contribution in [0.2, 0.25) is 0 Å². The summed E-state index contributed by atoms with van der Waals surface area (Å²) < 4.78 is 15.3. The SMILES string of the molecule is O=C(O)c1ccc(N[S+]([O-])c2cccc3cccnc23)cc1. The first-order valence-corrected chi connectivity index (χ1v) is 7.66. The Kier molecular flexibility index (Phi) is 3.95. The number of pyridine rings is 1. The smallest absolute Gasteiger partial charge is 0.335 e. The molecule has 0 aliphatic carbocycles. The molecule has 3 aromatic rings. The van der Waals surface area contributed by atoms with Crippen LogP contribution in [0.5, 0.6) is 0 Å². The predicted octanol–water partition coefficient (Wildman–Crippen LogP) is 3.07. The van der Waals surface area contributed by atoms with Gasteiger partial charge in [0.05, 0.1) is 11.3 Å². The van der Waals surface area contributed by atoms with E-state index in [4.69, 9.17) is 5.11 Å². The van der Waals surface area contributed by atoms with Gasteiger partial charge in [0.1, 0.15) is 16.9 Å². The first-order chi connectivity index (χ1) is 10.6. The monoisotopic (exact) mass is 312 g/mol. The minimum absolute atomic E-state index is 0.183. The zero-order chi connectivity index (χ0) is 15.5. The number of nitrogens with one attached hydrogen (secondary N) is 1. The van der Waals surface area contributed by atoms with E-state index in [1.807, 2.05) is 24.3 Å². The molecule has 3 rings (SSSR count). The maximum absolute atomic E-state index is 12.5. The minimum Gasteiger partial charge on any atom is -0.588 e. The van der Waals surface area contributed by atoms with Gasteiger partial charge in [-0.2, -0.15) is 0 Å². The molecule has 1 unspecified atom stereocenters. The van der Waals surface area contributed by atoms with Gasteiger partial charge in [-0.25, -0.2) is 9.52 Å². The summed E-state index contributed by atoms with van der Waals surface area (Å²) in [7, 11) is 0. The van der Waals surface area contributed by atoms with E-state index in [9.17, 15) is 9.35 Å². The molecule has 6 heteroatoms. The molecule has 0 saturated carbocycles. The zero-order valence-electron chi connectivity index (χ0n) is 11.4. The number of fused-ring (bicyclic) bond motifs is 1. The highest BCUT2D eigenvalue weighted by Crippen LogP contribution is 2.23. The number of benzene rings is 2. The number of nitrogens with zero attached hydrogens (tertiary/aromatic N) is 1. The van der Waals surface area contributed by atoms with Crippen LogP contribution in [-0.2, 0) is 11.4 Å². The van der Waals surface area contributed by atoms with Crippen molar-refractivity contribution in [3.63, 3.8) is 0 Å². The van der Waals surface area contributed by atoms with E-state index in [0.29, 0.717) is 16.1 Å². The van der Waals surface area contributed by atoms with E-state index in [2.05, 4.69) is 9.71 Å². The number of rotatable bonds is 4. The summed E-state index contributed by atoms with van der Waals surface area (Å²) in [5, 5.41) is 9.78. The Morgan fingerprint density at radius 1 is 1.09 bits per heavy atom. The van der Waals surface area contributed by atoms with Crippen molar-refractivity contribution in [1.29, 1.82) is 0 Å². The van der Waals surface area contributed by atoms with Gasteiger partial charge >= 0.3 is 5.97 Å². The van der Waals surface area contributed by atoms with Gasteiger partial charge in [-0.3, -0.25) is 4.98 Å². The Hall–Kier alpha value is -2.57. The lowest BCUT2D eigenvalue weighted by Gasteiger charge is -2.12. The largest absolute Gasteiger partial charge is 0.588 e. The number of carboxylic acids is 1. The minimum atomic E-state index is -1.49. The molecular formula is C16H12N2O3S. The molecule has 0 saturated heterocycles. The summed E-state index contributed by atoms with van der Waals surface area (Å²) in [6.45, 7) is 0. The second-order valence-corrected chi connectivity index (χ2v) is 5.77. The highest BCUT2D eigenvalue weighted by Gasteiger charge is 2.16. The fraction of sp³-hybridized carbons (Fsp3) is 0. The van der Waals surface area contributed by atoms with Crippen molar-refractivity contribution in [3.8, 4) is 0 Å². The maximum atomic E-state index is 12.5. The first-order valence-electron chi connectivity index (χ1n) is 6.51. The second kappa shape index (κ2) is 6.05. The molecule has 0 fully saturated rings. The van der Waals surface area contributed by atoms with Crippen molar-refractivity contribution in [2.24, 2.45) is 0 Å². The van der Waals surface area contributed by atoms with Gasteiger partial charge in [-0.05, 0) is 36.4 Å². The summed E-state index contributed by atoms with van der Waals surface area (Å²) in [5.41, 5.74) is 1.44. The van der Waals surface area contributed by atoms with E-state index in [0.717, 1.165) is 5.39 Å². The summed E-state index contributed by atoms with van der Waals surface area (Å²) in [6, 6.07) is 15.3. The third-order valence-corrected chi connectivity index (χ3v) is 4.29. The number of aromatic nitrogens is 1. The molecule has 0 amide bonds. The van der Waals surface area contributed by atoms with E-state index in [1.54, 1.807) is 24.4 Å². The molecule has 0 aliphatic heterocycles. The fourth-order valence-corrected chi connectivity index (χ4v) is 3.08. The molecule has 0 aliphatic rings. The van der Waals surface area contributed by atoms with Crippen molar-refractivity contribution < 1.29 is 14.5 Å². The quantitative estimate of drug-likeness (QED) is 0.723. The fourth-order valence-electron chi connectivity index (χ4n) is 2.07. The Labute approximate surface area is 129 Å². The second-order valence-electron chi connectivity index (χ2n) is 4.58. The number of hydrogen-bond acceptors (Lipinski definition) is 4. The van der Waals surface area contributed by atoms with Gasteiger partial charge < -0.3 is 9.66 Å². The normalized spacial score (nSPS) is 12.0. The number of carbonyl (C=O) groups is 1. The lowest BCUT2D eigenvalue weighted by Crippen LogP contribution is -2.14. The van der Waals surface area contributed by atoms with Crippen LogP contribution in [0.1, 0.15) is 10.4 Å². The Bertz CT molecular complexity index is 816. The van der Waals surface area contributed by atoms with Crippen molar-refractivity contribution >= 4 is 33.9 Å². The van der Waals surface area contributed by atoms with E-state index >= 15 is 0 Å². The van der Waals surface area contributed by atoms with Crippen LogP contribution in [0.3, 0.4) is 0 Å². The van der Waals surface area contributed by atoms with E-state index in [-0.39, 0.29) is 5.56 Å². The third-order valence-electron chi connectivity index (χ3n) is 3.14. The van der Waals surface area contributed by atoms with Crippen LogP contribution < -0.4 is 4.72 Å². The molecule has 0 spiro atoms. The lowest BCUT2D eigenvalue weighted by molar-refractivity contribution is 0.0697. The van der Waals surface area contributed by atoms with Crippen LogP contribution in [0.4, 0.5) is 5.69 Å². The van der Waals surface area contributed by atoms with Crippen molar-refractivity contribution in [2.45, 2.75) is 4.90 Å². The summed E-state index contributed by atoms with van der Waals surface area (Å²) in [5.74, 6) is -0.995. The van der Waals surface area contributed by atoms with Gasteiger partial charge in [0, 0.05) is 11.6 Å². The molecule has 1 aromatic heterocycles. The molecular weight excluding hydrogens is 300 g/mol. The predicted molar refractivity (Wildman–Crippen MR) is 85.2 cm³/mol. The number of anilines is 1. The Morgan fingerprint density at radius 2 is 1.82 bits per heavy atom. The number of carboxylic acid groups (broad SMARTS) is 1. The molecule has 110 valence electrons. The Balaban J connectivity index is 1.87. The highest BCUT2D eigenvalue weighted by atomic mass is 32.2. The Morgan fingerprint density at radius 3 is 2.55 bits per heavy atom. The molecule has 2 aromatic carbocycles. The standard InChI is InChI=1S/C16H12N2O3S/c19-16(20)12-6-8-13(9-7-12)18-22(21)14-5-1-3-11-4-2-10-17-15(11)14/h1-10,18H,(H,19,20). The van der Waals surface area contributed by atoms with Crippen molar-refractivity contribution in [1.82, 2.24) is 4.98 Å². The summed E-state index contributed by atoms with van der Waals surface area (Å²) in [4.78, 5) is 15.7. The van der Waals surface area contributed by atoms with Crippen LogP contribution >= 0.6 is 0 Å². The summed E-state index contributed by atoms with van der Waals surface area (Å²) >= 11 is -1.49. The molecule has 0 bridgehead atoms. The summed E-state index contributed by atoms with van der Waals surface area (Å²) in [6.07, 6.45) is 1.66. The van der Waals surface area contributed by atoms with E-state index < -0.39 is 17.3 Å². The van der Waals surface area contributed by atoms with Gasteiger partial charge in [-0.1, -0.05) is 18.2 Å². The van der Waals surface area contributed by atoms with Gasteiger partial charge in [0.15, 0.2) is 0 Å². The number of hydrogen-bond donors (Lipinski definition) is 2. The number of para-hydroxylation sites is 1. The van der Waals surface area contributed by atoms with E-state index in [1.165, 1.54) is 12.1 Å². The van der Waals surface area contributed by atoms with Crippen LogP contribution in [-0.4, -0.2) is 20.6 Å². The molecule has 1 atom stereocenters. The highest BCUT2D eigenvalue weighted by molar-refractivity contribution is 7.93. The van der Waals surface area contributed by atoms with Crippen molar-refractivity contribution in [3.05, 3.63) is 66.4 Å². The van der Waals surface area contributed by atoms with Gasteiger partial charge in [0.25, 0.3) is 0 Å². The van der Waals surface area contributed by atoms with Crippen molar-refractivity contribution in [2.75, 3.05) is 4.72 Å². The topological polar surface area (TPSA) is 85.3 Å². The number of aromatic carboxylic acids is 1. The molecule has 2 N–H and O–H groups in total. The lowest BCUT2D eigenvalue weighted by atomic mass is 10.2.